The van der Waals surface area contributed by atoms with Crippen LogP contribution in [-0.2, 0) is 59.4 Å². The summed E-state index contributed by atoms with van der Waals surface area (Å²) in [4.78, 5) is 78.3. The van der Waals surface area contributed by atoms with Crippen LogP contribution >= 0.6 is 10.5 Å². The summed E-state index contributed by atoms with van der Waals surface area (Å²) in [5.74, 6) is -2.91. The summed E-state index contributed by atoms with van der Waals surface area (Å²) in [6.07, 6.45) is 6.67. The number of cyclic esters (lactones) is 1. The number of aromatic hydroxyl groups is 1. The molecule has 4 aromatic rings. The summed E-state index contributed by atoms with van der Waals surface area (Å²) in [7, 11) is 2.13. The monoisotopic (exact) mass is 1010 g/mol. The molecule has 2 unspecified atom stereocenters. The number of fused-ring (bicyclic) bond motifs is 6. The van der Waals surface area contributed by atoms with Crippen LogP contribution in [0, 0.1) is 11.3 Å². The number of carbonyl (C=O) groups is 5. The number of amides is 4. The van der Waals surface area contributed by atoms with E-state index in [4.69, 9.17) is 9.47 Å². The van der Waals surface area contributed by atoms with Gasteiger partial charge in [0, 0.05) is 81.0 Å². The average molecular weight is 1010 g/mol. The van der Waals surface area contributed by atoms with E-state index in [2.05, 4.69) is 53.2 Å². The Labute approximate surface area is 426 Å². The number of likely N-dealkylation sites (N-methyl/N-ethyl adjacent to an activating group) is 2. The highest BCUT2D eigenvalue weighted by molar-refractivity contribution is 8.27. The minimum absolute atomic E-state index is 0.0337. The number of nitrogens with one attached hydrogen (secondary N) is 2. The molecule has 17 nitrogen and oxygen atoms in total. The van der Waals surface area contributed by atoms with Gasteiger partial charge in [-0.2, -0.15) is 0 Å². The Hall–Kier alpha value is -5.53. The van der Waals surface area contributed by atoms with Crippen LogP contribution in [0.2, 0.25) is 0 Å². The first kappa shape index (κ1) is 54.2. The highest BCUT2D eigenvalue weighted by atomic mass is 32.3. The van der Waals surface area contributed by atoms with Crippen molar-refractivity contribution < 1.29 is 43.1 Å². The number of carbonyl (C=O) groups excluding carboxylic acids is 5. The van der Waals surface area contributed by atoms with Crippen molar-refractivity contribution in [1.29, 1.82) is 0 Å². The van der Waals surface area contributed by atoms with Crippen LogP contribution in [-0.4, -0.2) is 150 Å². The van der Waals surface area contributed by atoms with E-state index < -0.39 is 74.4 Å². The van der Waals surface area contributed by atoms with Gasteiger partial charge in [-0.1, -0.05) is 60.6 Å². The Morgan fingerprint density at radius 1 is 1.10 bits per heavy atom. The summed E-state index contributed by atoms with van der Waals surface area (Å²) < 4.78 is 28.9. The highest BCUT2D eigenvalue weighted by Crippen LogP contribution is 2.63. The number of aromatic nitrogens is 2. The number of ether oxygens (including phenoxy) is 2. The molecule has 72 heavy (non-hydrogen) atoms. The average Bonchev–Trinajstić information content (AvgIpc) is 3.92. The van der Waals surface area contributed by atoms with E-state index in [0.717, 1.165) is 38.9 Å². The summed E-state index contributed by atoms with van der Waals surface area (Å²) in [6.45, 7) is 18.3. The molecule has 7 atom stereocenters. The molecule has 2 aromatic heterocycles. The van der Waals surface area contributed by atoms with Gasteiger partial charge in [0.2, 0.25) is 17.7 Å². The van der Waals surface area contributed by atoms with Gasteiger partial charge in [-0.15, -0.1) is 0 Å². The maximum atomic E-state index is 14.8. The molecule has 3 aliphatic rings. The number of pyridine rings is 1. The molecule has 0 saturated carbocycles. The molecule has 3 N–H and O–H groups in total. The van der Waals surface area contributed by atoms with Crippen molar-refractivity contribution in [3.8, 4) is 28.1 Å². The summed E-state index contributed by atoms with van der Waals surface area (Å²) in [5, 5.41) is 16.7. The lowest BCUT2D eigenvalue weighted by Crippen LogP contribution is -2.62. The molecule has 392 valence electrons. The SMILES string of the molecule is CCn1c(-c2cnccc2COC)c2c3cc(ccc31)-c1cc(O)cc(c1)C[C@H](NC(=O)[C@H](C(C)C)N(C)C(=O)CN(C)C(=O)[C@@H]1[C@H](C)N1S(C)([O-])C(C)(C)C)C(=O)N1CCC[C@H](N1)C(=O)OCC(C)(C)C2. The normalized spacial score (nSPS) is 23.1. The predicted molar refractivity (Wildman–Crippen MR) is 279 cm³/mol. The first-order valence-electron chi connectivity index (χ1n) is 25.0. The van der Waals surface area contributed by atoms with Crippen molar-refractivity contribution in [2.75, 3.05) is 47.2 Å². The number of hydrogen-bond donors (Lipinski definition) is 3. The zero-order valence-corrected chi connectivity index (χ0v) is 45.1. The molecule has 3 aliphatic heterocycles. The Kier molecular flexibility index (Phi) is 15.9. The van der Waals surface area contributed by atoms with Crippen molar-refractivity contribution in [1.82, 2.24) is 39.4 Å². The summed E-state index contributed by atoms with van der Waals surface area (Å²) >= 11 is 0. The van der Waals surface area contributed by atoms with E-state index in [1.807, 2.05) is 52.1 Å². The number of phenolic OH excluding ortho intramolecular Hbond substituents is 1. The largest absolute Gasteiger partial charge is 0.801 e. The van der Waals surface area contributed by atoms with Gasteiger partial charge in [-0.25, -0.2) is 5.43 Å². The number of phenols is 1. The Bertz CT molecular complexity index is 2710. The number of hydrogen-bond acceptors (Lipinski definition) is 12. The third kappa shape index (κ3) is 11.0. The molecule has 7 rings (SSSR count). The van der Waals surface area contributed by atoms with E-state index in [0.29, 0.717) is 43.5 Å². The van der Waals surface area contributed by atoms with Crippen LogP contribution in [0.5, 0.6) is 5.75 Å². The number of benzene rings is 2. The van der Waals surface area contributed by atoms with E-state index in [1.54, 1.807) is 49.8 Å². The van der Waals surface area contributed by atoms with Gasteiger partial charge in [-0.05, 0) is 108 Å². The van der Waals surface area contributed by atoms with Crippen molar-refractivity contribution in [2.24, 2.45) is 11.3 Å². The molecule has 0 aliphatic carbocycles. The van der Waals surface area contributed by atoms with Gasteiger partial charge in [-0.3, -0.25) is 48.8 Å². The molecular formula is C54H75N8O9S-. The fraction of sp³-hybridized carbons (Fsp3) is 0.556. The summed E-state index contributed by atoms with van der Waals surface area (Å²) in [6, 6.07) is 9.27. The fourth-order valence-electron chi connectivity index (χ4n) is 10.4. The highest BCUT2D eigenvalue weighted by Gasteiger charge is 2.56. The number of nitrogens with zero attached hydrogens (tertiary/aromatic N) is 6. The Morgan fingerprint density at radius 3 is 2.49 bits per heavy atom. The maximum absolute atomic E-state index is 14.8. The Balaban J connectivity index is 1.23. The van der Waals surface area contributed by atoms with Gasteiger partial charge < -0.3 is 38.8 Å². The fourth-order valence-corrected chi connectivity index (χ4v) is 12.4. The van der Waals surface area contributed by atoms with Crippen molar-refractivity contribution in [2.45, 2.75) is 136 Å². The third-order valence-electron chi connectivity index (χ3n) is 14.6. The van der Waals surface area contributed by atoms with Crippen LogP contribution in [0.25, 0.3) is 33.3 Å². The molecule has 5 heterocycles. The van der Waals surface area contributed by atoms with Gasteiger partial charge in [0.15, 0.2) is 0 Å². The molecule has 6 bridgehead atoms. The van der Waals surface area contributed by atoms with Gasteiger partial charge in [0.25, 0.3) is 5.91 Å². The van der Waals surface area contributed by atoms with Gasteiger partial charge in [0.05, 0.1) is 25.5 Å². The van der Waals surface area contributed by atoms with Crippen molar-refractivity contribution in [3.05, 3.63) is 71.5 Å². The first-order chi connectivity index (χ1) is 33.8. The lowest BCUT2D eigenvalue weighted by atomic mass is 9.84. The van der Waals surface area contributed by atoms with E-state index in [-0.39, 0.29) is 43.8 Å². The molecular weight excluding hydrogens is 937 g/mol. The molecule has 18 heteroatoms. The second kappa shape index (κ2) is 21.1. The third-order valence-corrected chi connectivity index (χ3v) is 18.2. The van der Waals surface area contributed by atoms with E-state index >= 15 is 0 Å². The first-order valence-corrected chi connectivity index (χ1v) is 27.0. The van der Waals surface area contributed by atoms with Crippen LogP contribution in [0.1, 0.15) is 91.8 Å². The van der Waals surface area contributed by atoms with Crippen molar-refractivity contribution >= 4 is 51.0 Å². The van der Waals surface area contributed by atoms with Crippen LogP contribution in [0.4, 0.5) is 0 Å². The minimum atomic E-state index is -2.56. The van der Waals surface area contributed by atoms with Crippen molar-refractivity contribution in [3.63, 3.8) is 0 Å². The standard InChI is InChI=1S/C54H76N8O9S/c1-14-60-44-18-17-35-26-39(44)40(48(60)41-28-55-20-19-36(41)30-70-12)27-54(8,9)31-71-52(68)42-16-15-21-61(57-42)50(66)43(24-34-22-37(35)25-38(63)23-34)56-49(65)46(32(2)3)59(11)45(64)29-58(10)51(67)47-33(4)62(47)72(13,69)53(5,6)7/h17-20,22-23,25-26,28,32-33,42-43,46-47,57,63,69H,14-16,21,24,27,29-31H2,1-13H3,(H,56,65)/p-1/t33-,42-,43-,46-,47-,62?/m0/s1. The topological polar surface area (TPSA) is 202 Å². The van der Waals surface area contributed by atoms with Gasteiger partial charge >= 0.3 is 5.97 Å². The molecule has 0 spiro atoms. The molecule has 2 aromatic carbocycles. The quantitative estimate of drug-likeness (QED) is 0.108. The summed E-state index contributed by atoms with van der Waals surface area (Å²) in [5.41, 5.74) is 9.57. The minimum Gasteiger partial charge on any atom is -0.801 e. The Morgan fingerprint density at radius 2 is 1.82 bits per heavy atom. The lowest BCUT2D eigenvalue weighted by molar-refractivity contribution is -0.155. The zero-order chi connectivity index (χ0) is 52.8. The van der Waals surface area contributed by atoms with E-state index in [1.165, 1.54) is 28.9 Å². The van der Waals surface area contributed by atoms with Gasteiger partial charge in [0.1, 0.15) is 29.9 Å². The second-order valence-corrected chi connectivity index (χ2v) is 25.3. The predicted octanol–water partition coefficient (Wildman–Crippen LogP) is 6.18. The molecule has 0 radical (unpaired) electrons. The number of esters is 1. The number of methoxy groups -OCH3 is 1. The molecule has 4 amide bonds. The molecule has 2 fully saturated rings. The molecule has 2 saturated heterocycles. The van der Waals surface area contributed by atoms with Crippen LogP contribution in [0.15, 0.2) is 54.9 Å². The maximum Gasteiger partial charge on any atom is 0.324 e. The number of hydrazine groups is 1. The number of rotatable bonds is 12. The smallest absolute Gasteiger partial charge is 0.324 e. The van der Waals surface area contributed by atoms with Crippen LogP contribution in [0.3, 0.4) is 0 Å². The second-order valence-electron chi connectivity index (χ2n) is 22.0. The van der Waals surface area contributed by atoms with Crippen LogP contribution < -0.4 is 10.7 Å². The number of aryl methyl sites for hydroxylation is 1. The van der Waals surface area contributed by atoms with E-state index in [9.17, 15) is 33.6 Å². The lowest BCUT2D eigenvalue weighted by Gasteiger charge is -2.56. The zero-order valence-electron chi connectivity index (χ0n) is 44.3.